The number of aromatic nitrogens is 2. The zero-order valence-electron chi connectivity index (χ0n) is 9.00. The number of hydrogen-bond donors (Lipinski definition) is 2. The van der Waals surface area contributed by atoms with Crippen molar-refractivity contribution in [1.29, 1.82) is 0 Å². The summed E-state index contributed by atoms with van der Waals surface area (Å²) in [5.41, 5.74) is 3.95. The Bertz CT molecular complexity index is 294. The fourth-order valence-corrected chi connectivity index (χ4v) is 2.06. The molecule has 0 aromatic carbocycles. The van der Waals surface area contributed by atoms with Crippen molar-refractivity contribution in [1.82, 2.24) is 15.2 Å². The van der Waals surface area contributed by atoms with E-state index in [1.54, 1.807) is 6.20 Å². The van der Waals surface area contributed by atoms with E-state index in [1.165, 1.54) is 0 Å². The van der Waals surface area contributed by atoms with Crippen LogP contribution in [0.5, 0.6) is 0 Å². The van der Waals surface area contributed by atoms with Gasteiger partial charge in [-0.3, -0.25) is 16.0 Å². The van der Waals surface area contributed by atoms with Gasteiger partial charge < -0.3 is 0 Å². The van der Waals surface area contributed by atoms with E-state index >= 15 is 0 Å². The number of nitrogens with two attached hydrogens (primary N) is 1. The summed E-state index contributed by atoms with van der Waals surface area (Å²) in [6.07, 6.45) is 1.78. The molecule has 1 heterocycles. The van der Waals surface area contributed by atoms with Crippen LogP contribution in [0.1, 0.15) is 32.5 Å². The van der Waals surface area contributed by atoms with Gasteiger partial charge in [-0.2, -0.15) is 5.10 Å². The average molecular weight is 261 g/mol. The van der Waals surface area contributed by atoms with E-state index in [0.29, 0.717) is 0 Å². The molecule has 1 unspecified atom stereocenters. The van der Waals surface area contributed by atoms with E-state index in [0.717, 1.165) is 10.2 Å². The lowest BCUT2D eigenvalue weighted by molar-refractivity contribution is 0.263. The second kappa shape index (κ2) is 4.00. The van der Waals surface area contributed by atoms with Gasteiger partial charge in [0.2, 0.25) is 0 Å². The Kier molecular flexibility index (Phi) is 3.34. The normalized spacial score (nSPS) is 14.4. The van der Waals surface area contributed by atoms with Crippen molar-refractivity contribution in [2.45, 2.75) is 26.8 Å². The lowest BCUT2D eigenvalue weighted by atomic mass is 9.85. The maximum atomic E-state index is 5.58. The van der Waals surface area contributed by atoms with E-state index in [4.69, 9.17) is 5.84 Å². The fraction of sp³-hybridized carbons (Fsp3) is 0.667. The molecule has 1 aromatic heterocycles. The molecule has 0 radical (unpaired) electrons. The van der Waals surface area contributed by atoms with Crippen LogP contribution in [-0.2, 0) is 7.05 Å². The Labute approximate surface area is 93.0 Å². The molecule has 0 aliphatic heterocycles. The second-order valence-corrected chi connectivity index (χ2v) is 5.32. The third-order valence-electron chi connectivity index (χ3n) is 2.24. The van der Waals surface area contributed by atoms with Crippen molar-refractivity contribution in [3.63, 3.8) is 0 Å². The van der Waals surface area contributed by atoms with Crippen LogP contribution in [-0.4, -0.2) is 9.78 Å². The first-order valence-corrected chi connectivity index (χ1v) is 5.30. The molecule has 5 heteroatoms. The Morgan fingerprint density at radius 3 is 2.43 bits per heavy atom. The smallest absolute Gasteiger partial charge is 0.0711 e. The quantitative estimate of drug-likeness (QED) is 0.629. The Morgan fingerprint density at radius 1 is 1.57 bits per heavy atom. The SMILES string of the molecule is Cn1ncc(Br)c1C(NN)C(C)(C)C. The van der Waals surface area contributed by atoms with E-state index < -0.39 is 0 Å². The van der Waals surface area contributed by atoms with Crippen molar-refractivity contribution < 1.29 is 0 Å². The van der Waals surface area contributed by atoms with Gasteiger partial charge >= 0.3 is 0 Å². The molecule has 0 saturated heterocycles. The topological polar surface area (TPSA) is 55.9 Å². The van der Waals surface area contributed by atoms with Gasteiger partial charge in [-0.25, -0.2) is 0 Å². The summed E-state index contributed by atoms with van der Waals surface area (Å²) in [7, 11) is 1.91. The third-order valence-corrected chi connectivity index (χ3v) is 2.85. The minimum absolute atomic E-state index is 0.0467. The molecule has 14 heavy (non-hydrogen) atoms. The number of rotatable bonds is 2. The molecular formula is C9H17BrN4. The van der Waals surface area contributed by atoms with Crippen LogP contribution < -0.4 is 11.3 Å². The van der Waals surface area contributed by atoms with Gasteiger partial charge in [0.05, 0.1) is 22.4 Å². The summed E-state index contributed by atoms with van der Waals surface area (Å²) in [5.74, 6) is 5.58. The van der Waals surface area contributed by atoms with E-state index in [2.05, 4.69) is 47.2 Å². The van der Waals surface area contributed by atoms with E-state index in [-0.39, 0.29) is 11.5 Å². The van der Waals surface area contributed by atoms with Crippen LogP contribution in [0.4, 0.5) is 0 Å². The molecule has 0 aliphatic carbocycles. The van der Waals surface area contributed by atoms with Crippen molar-refractivity contribution in [2.24, 2.45) is 18.3 Å². The zero-order chi connectivity index (χ0) is 10.9. The minimum Gasteiger partial charge on any atom is -0.271 e. The zero-order valence-corrected chi connectivity index (χ0v) is 10.6. The Hall–Kier alpha value is -0.390. The van der Waals surface area contributed by atoms with Gasteiger partial charge in [0.25, 0.3) is 0 Å². The maximum Gasteiger partial charge on any atom is 0.0711 e. The highest BCUT2D eigenvalue weighted by molar-refractivity contribution is 9.10. The molecule has 0 fully saturated rings. The predicted octanol–water partition coefficient (Wildman–Crippen LogP) is 1.73. The van der Waals surface area contributed by atoms with Gasteiger partial charge in [0.1, 0.15) is 0 Å². The molecular weight excluding hydrogens is 244 g/mol. The summed E-state index contributed by atoms with van der Waals surface area (Å²) in [6, 6.07) is 0.0735. The minimum atomic E-state index is 0.0467. The van der Waals surface area contributed by atoms with Gasteiger partial charge in [-0.1, -0.05) is 20.8 Å². The highest BCUT2D eigenvalue weighted by atomic mass is 79.9. The highest BCUT2D eigenvalue weighted by Gasteiger charge is 2.29. The van der Waals surface area contributed by atoms with Crippen LogP contribution in [0.15, 0.2) is 10.7 Å². The summed E-state index contributed by atoms with van der Waals surface area (Å²) in [6.45, 7) is 6.41. The fourth-order valence-electron chi connectivity index (χ4n) is 1.48. The summed E-state index contributed by atoms with van der Waals surface area (Å²) < 4.78 is 2.82. The molecule has 1 rings (SSSR count). The number of hydrazine groups is 1. The molecule has 0 aliphatic rings. The van der Waals surface area contributed by atoms with Crippen LogP contribution in [0.25, 0.3) is 0 Å². The maximum absolute atomic E-state index is 5.58. The summed E-state index contributed by atoms with van der Waals surface area (Å²) >= 11 is 3.47. The van der Waals surface area contributed by atoms with Crippen molar-refractivity contribution >= 4 is 15.9 Å². The van der Waals surface area contributed by atoms with E-state index in [9.17, 15) is 0 Å². The lowest BCUT2D eigenvalue weighted by Crippen LogP contribution is -2.38. The molecule has 80 valence electrons. The van der Waals surface area contributed by atoms with Gasteiger partial charge in [0.15, 0.2) is 0 Å². The van der Waals surface area contributed by atoms with Gasteiger partial charge in [-0.05, 0) is 21.3 Å². The molecule has 1 aromatic rings. The van der Waals surface area contributed by atoms with E-state index in [1.807, 2.05) is 11.7 Å². The highest BCUT2D eigenvalue weighted by Crippen LogP contribution is 2.35. The summed E-state index contributed by atoms with van der Waals surface area (Å²) in [5, 5.41) is 4.17. The molecule has 1 atom stereocenters. The van der Waals surface area contributed by atoms with Crippen LogP contribution >= 0.6 is 15.9 Å². The number of aryl methyl sites for hydroxylation is 1. The van der Waals surface area contributed by atoms with Crippen molar-refractivity contribution in [3.8, 4) is 0 Å². The van der Waals surface area contributed by atoms with Crippen LogP contribution in [0.3, 0.4) is 0 Å². The number of nitrogens with one attached hydrogen (secondary N) is 1. The number of nitrogens with zero attached hydrogens (tertiary/aromatic N) is 2. The standard InChI is InChI=1S/C9H17BrN4/c1-9(2,3)8(13-11)7-6(10)5-12-14(7)4/h5,8,13H,11H2,1-4H3. The van der Waals surface area contributed by atoms with Gasteiger partial charge in [-0.15, -0.1) is 0 Å². The summed E-state index contributed by atoms with van der Waals surface area (Å²) in [4.78, 5) is 0. The van der Waals surface area contributed by atoms with Crippen LogP contribution in [0, 0.1) is 5.41 Å². The van der Waals surface area contributed by atoms with Crippen molar-refractivity contribution in [3.05, 3.63) is 16.4 Å². The first-order chi connectivity index (χ1) is 6.38. The average Bonchev–Trinajstić information content (AvgIpc) is 2.34. The Morgan fingerprint density at radius 2 is 2.14 bits per heavy atom. The lowest BCUT2D eigenvalue weighted by Gasteiger charge is -2.30. The number of halogens is 1. The second-order valence-electron chi connectivity index (χ2n) is 4.47. The molecule has 0 amide bonds. The third kappa shape index (κ3) is 2.16. The number of hydrogen-bond acceptors (Lipinski definition) is 3. The molecule has 0 spiro atoms. The predicted molar refractivity (Wildman–Crippen MR) is 60.4 cm³/mol. The first kappa shape index (κ1) is 11.7. The molecule has 3 N–H and O–H groups in total. The monoisotopic (exact) mass is 260 g/mol. The van der Waals surface area contributed by atoms with Gasteiger partial charge in [0, 0.05) is 7.05 Å². The first-order valence-electron chi connectivity index (χ1n) is 4.51. The molecule has 4 nitrogen and oxygen atoms in total. The van der Waals surface area contributed by atoms with Crippen LogP contribution in [0.2, 0.25) is 0 Å². The molecule has 0 bridgehead atoms. The molecule has 0 saturated carbocycles. The Balaban J connectivity index is 3.13. The van der Waals surface area contributed by atoms with Crippen molar-refractivity contribution in [2.75, 3.05) is 0 Å². The largest absolute Gasteiger partial charge is 0.271 e.